The van der Waals surface area contributed by atoms with E-state index in [2.05, 4.69) is 11.9 Å². The average Bonchev–Trinajstić information content (AvgIpc) is 3.00. The van der Waals surface area contributed by atoms with Gasteiger partial charge in [0, 0.05) is 10.9 Å². The van der Waals surface area contributed by atoms with Crippen molar-refractivity contribution in [3.8, 4) is 0 Å². The van der Waals surface area contributed by atoms with E-state index >= 15 is 0 Å². The maximum atomic E-state index is 13.1. The zero-order valence-corrected chi connectivity index (χ0v) is 13.5. The summed E-state index contributed by atoms with van der Waals surface area (Å²) >= 11 is 1.74. The normalized spacial score (nSPS) is 20.3. The van der Waals surface area contributed by atoms with Gasteiger partial charge in [-0.05, 0) is 64.7 Å². The minimum atomic E-state index is 0.214. The van der Waals surface area contributed by atoms with Gasteiger partial charge in [-0.2, -0.15) is 0 Å². The van der Waals surface area contributed by atoms with Crippen molar-refractivity contribution >= 4 is 21.6 Å². The van der Waals surface area contributed by atoms with Gasteiger partial charge in [0.05, 0.1) is 5.39 Å². The molecule has 0 radical (unpaired) electrons. The Morgan fingerprint density at radius 2 is 2.00 bits per heavy atom. The van der Waals surface area contributed by atoms with E-state index in [9.17, 15) is 4.79 Å². The van der Waals surface area contributed by atoms with Crippen LogP contribution in [0.25, 0.3) is 10.2 Å². The quantitative estimate of drug-likeness (QED) is 0.812. The maximum absolute atomic E-state index is 13.1. The molecular formula is C16H21N3OS. The SMILES string of the molecule is Cc1nc2sc3c(c2c(=O)n1C1CCN(C)CC1)CCC3. The van der Waals surface area contributed by atoms with Crippen LogP contribution in [0.5, 0.6) is 0 Å². The average molecular weight is 303 g/mol. The summed E-state index contributed by atoms with van der Waals surface area (Å²) in [5.74, 6) is 0.891. The van der Waals surface area contributed by atoms with Crippen LogP contribution in [0.15, 0.2) is 4.79 Å². The largest absolute Gasteiger partial charge is 0.306 e. The number of hydrogen-bond acceptors (Lipinski definition) is 4. The number of rotatable bonds is 1. The zero-order chi connectivity index (χ0) is 14.6. The van der Waals surface area contributed by atoms with Gasteiger partial charge in [-0.15, -0.1) is 11.3 Å². The second-order valence-corrected chi connectivity index (χ2v) is 7.49. The number of aromatic nitrogens is 2. The standard InChI is InChI=1S/C16H21N3OS/c1-10-17-15-14(12-4-3-5-13(12)21-15)16(20)19(10)11-6-8-18(2)9-7-11/h11H,3-9H2,1-2H3. The van der Waals surface area contributed by atoms with Crippen LogP contribution in [0, 0.1) is 6.92 Å². The van der Waals surface area contributed by atoms with Crippen molar-refractivity contribution < 1.29 is 0 Å². The Morgan fingerprint density at radius 1 is 1.24 bits per heavy atom. The van der Waals surface area contributed by atoms with E-state index in [4.69, 9.17) is 4.98 Å². The Morgan fingerprint density at radius 3 is 2.76 bits per heavy atom. The molecule has 1 aliphatic carbocycles. The number of hydrogen-bond donors (Lipinski definition) is 0. The second kappa shape index (κ2) is 4.92. The fraction of sp³-hybridized carbons (Fsp3) is 0.625. The first-order valence-corrected chi connectivity index (χ1v) is 8.68. The Labute approximate surface area is 128 Å². The molecule has 0 amide bonds. The van der Waals surface area contributed by atoms with Crippen molar-refractivity contribution in [3.05, 3.63) is 26.6 Å². The lowest BCUT2D eigenvalue weighted by Crippen LogP contribution is -2.36. The lowest BCUT2D eigenvalue weighted by molar-refractivity contribution is 0.216. The first kappa shape index (κ1) is 13.5. The van der Waals surface area contributed by atoms with E-state index in [0.29, 0.717) is 6.04 Å². The van der Waals surface area contributed by atoms with Crippen molar-refractivity contribution in [3.63, 3.8) is 0 Å². The van der Waals surface area contributed by atoms with Gasteiger partial charge in [-0.3, -0.25) is 9.36 Å². The molecule has 0 unspecified atom stereocenters. The number of fused-ring (bicyclic) bond motifs is 3. The molecule has 4 nitrogen and oxygen atoms in total. The summed E-state index contributed by atoms with van der Waals surface area (Å²) in [5.41, 5.74) is 1.51. The van der Waals surface area contributed by atoms with Crippen molar-refractivity contribution in [2.24, 2.45) is 0 Å². The third-order valence-electron chi connectivity index (χ3n) is 5.00. The summed E-state index contributed by atoms with van der Waals surface area (Å²) in [6.45, 7) is 4.12. The lowest BCUT2D eigenvalue weighted by Gasteiger charge is -2.30. The van der Waals surface area contributed by atoms with Crippen LogP contribution >= 0.6 is 11.3 Å². The van der Waals surface area contributed by atoms with E-state index in [1.54, 1.807) is 11.3 Å². The van der Waals surface area contributed by atoms with Crippen LogP contribution in [0.1, 0.15) is 41.6 Å². The minimum Gasteiger partial charge on any atom is -0.306 e. The molecule has 112 valence electrons. The first-order chi connectivity index (χ1) is 10.1. The number of likely N-dealkylation sites (tertiary alicyclic amines) is 1. The van der Waals surface area contributed by atoms with E-state index in [1.165, 1.54) is 16.9 Å². The molecular weight excluding hydrogens is 282 g/mol. The van der Waals surface area contributed by atoms with Gasteiger partial charge >= 0.3 is 0 Å². The summed E-state index contributed by atoms with van der Waals surface area (Å²) in [6, 6.07) is 0.322. The fourth-order valence-electron chi connectivity index (χ4n) is 3.84. The predicted octanol–water partition coefficient (Wildman–Crippen LogP) is 2.52. The van der Waals surface area contributed by atoms with Gasteiger partial charge in [0.2, 0.25) is 0 Å². The number of piperidine rings is 1. The highest BCUT2D eigenvalue weighted by molar-refractivity contribution is 7.18. The molecule has 2 aliphatic rings. The van der Waals surface area contributed by atoms with Gasteiger partial charge in [-0.1, -0.05) is 0 Å². The van der Waals surface area contributed by atoms with Crippen molar-refractivity contribution in [1.82, 2.24) is 14.5 Å². The van der Waals surface area contributed by atoms with Gasteiger partial charge < -0.3 is 4.90 Å². The van der Waals surface area contributed by atoms with Gasteiger partial charge in [0.15, 0.2) is 0 Å². The highest BCUT2D eigenvalue weighted by Crippen LogP contribution is 2.35. The molecule has 0 bridgehead atoms. The van der Waals surface area contributed by atoms with Crippen molar-refractivity contribution in [2.45, 2.75) is 45.1 Å². The summed E-state index contributed by atoms with van der Waals surface area (Å²) in [4.78, 5) is 22.5. The first-order valence-electron chi connectivity index (χ1n) is 7.87. The van der Waals surface area contributed by atoms with Crippen LogP contribution in [0.3, 0.4) is 0 Å². The lowest BCUT2D eigenvalue weighted by atomic mass is 10.0. The van der Waals surface area contributed by atoms with Crippen LogP contribution in [0.4, 0.5) is 0 Å². The summed E-state index contributed by atoms with van der Waals surface area (Å²) in [6.07, 6.45) is 5.48. The Hall–Kier alpha value is -1.20. The Bertz CT molecular complexity index is 753. The minimum absolute atomic E-state index is 0.214. The van der Waals surface area contributed by atoms with Crippen LogP contribution in [-0.4, -0.2) is 34.6 Å². The smallest absolute Gasteiger partial charge is 0.262 e. The zero-order valence-electron chi connectivity index (χ0n) is 12.7. The number of nitrogens with zero attached hydrogens (tertiary/aromatic N) is 3. The Balaban J connectivity index is 1.87. The van der Waals surface area contributed by atoms with Gasteiger partial charge in [0.25, 0.3) is 5.56 Å². The molecule has 2 aromatic heterocycles. The molecule has 1 saturated heterocycles. The summed E-state index contributed by atoms with van der Waals surface area (Å²) in [7, 11) is 2.15. The van der Waals surface area contributed by atoms with E-state index < -0.39 is 0 Å². The number of aryl methyl sites for hydroxylation is 3. The van der Waals surface area contributed by atoms with Crippen molar-refractivity contribution in [1.29, 1.82) is 0 Å². The molecule has 3 heterocycles. The molecule has 0 N–H and O–H groups in total. The molecule has 2 aromatic rings. The van der Waals surface area contributed by atoms with E-state index in [0.717, 1.165) is 54.8 Å². The number of thiophene rings is 1. The molecule has 0 saturated carbocycles. The predicted molar refractivity (Wildman–Crippen MR) is 86.4 cm³/mol. The van der Waals surface area contributed by atoms with Gasteiger partial charge in [0.1, 0.15) is 10.7 Å². The third-order valence-corrected chi connectivity index (χ3v) is 6.19. The Kier molecular flexibility index (Phi) is 3.15. The van der Waals surface area contributed by atoms with E-state index in [1.807, 2.05) is 11.5 Å². The topological polar surface area (TPSA) is 38.1 Å². The maximum Gasteiger partial charge on any atom is 0.262 e. The molecule has 0 aromatic carbocycles. The summed E-state index contributed by atoms with van der Waals surface area (Å²) in [5, 5.41) is 0.928. The van der Waals surface area contributed by atoms with Crippen LogP contribution in [-0.2, 0) is 12.8 Å². The van der Waals surface area contributed by atoms with Crippen LogP contribution in [0.2, 0.25) is 0 Å². The molecule has 0 atom stereocenters. The summed E-state index contributed by atoms with van der Waals surface area (Å²) < 4.78 is 1.99. The molecule has 1 fully saturated rings. The molecule has 1 aliphatic heterocycles. The monoisotopic (exact) mass is 303 g/mol. The highest BCUT2D eigenvalue weighted by Gasteiger charge is 2.26. The fourth-order valence-corrected chi connectivity index (χ4v) is 5.14. The molecule has 0 spiro atoms. The molecule has 21 heavy (non-hydrogen) atoms. The van der Waals surface area contributed by atoms with Crippen LogP contribution < -0.4 is 5.56 Å². The molecule has 4 rings (SSSR count). The second-order valence-electron chi connectivity index (χ2n) is 6.41. The van der Waals surface area contributed by atoms with Crippen molar-refractivity contribution in [2.75, 3.05) is 20.1 Å². The highest BCUT2D eigenvalue weighted by atomic mass is 32.1. The van der Waals surface area contributed by atoms with E-state index in [-0.39, 0.29) is 5.56 Å². The third kappa shape index (κ3) is 2.06. The van der Waals surface area contributed by atoms with Gasteiger partial charge in [-0.25, -0.2) is 4.98 Å². The molecule has 5 heteroatoms.